The molecule has 1 saturated carbocycles. The van der Waals surface area contributed by atoms with Gasteiger partial charge in [-0.25, -0.2) is 0 Å². The van der Waals surface area contributed by atoms with Crippen LogP contribution in [0, 0.1) is 11.3 Å². The van der Waals surface area contributed by atoms with Crippen LogP contribution in [0.3, 0.4) is 0 Å². The molecule has 1 aromatic carbocycles. The third kappa shape index (κ3) is 3.59. The monoisotopic (exact) mass is 316 g/mol. The minimum Gasteiger partial charge on any atom is -0.374 e. The molecule has 1 amide bonds. The highest BCUT2D eigenvalue weighted by Crippen LogP contribution is 2.44. The number of carbonyl (C=O) groups excluding carboxylic acids is 1. The predicted octanol–water partition coefficient (Wildman–Crippen LogP) is 3.33. The minimum atomic E-state index is -0.206. The van der Waals surface area contributed by atoms with Gasteiger partial charge in [-0.3, -0.25) is 4.79 Å². The molecule has 2 aliphatic rings. The first-order valence-electron chi connectivity index (χ1n) is 8.83. The fourth-order valence-corrected chi connectivity index (χ4v) is 3.95. The molecule has 0 bridgehead atoms. The van der Waals surface area contributed by atoms with Gasteiger partial charge in [-0.05, 0) is 56.8 Å². The van der Waals surface area contributed by atoms with E-state index in [4.69, 9.17) is 4.74 Å². The first-order valence-corrected chi connectivity index (χ1v) is 8.83. The number of anilines is 1. The summed E-state index contributed by atoms with van der Waals surface area (Å²) in [4.78, 5) is 13.0. The Bertz CT molecular complexity index is 558. The summed E-state index contributed by atoms with van der Waals surface area (Å²) in [6.07, 6.45) is 4.80. The molecule has 0 radical (unpaired) electrons. The van der Waals surface area contributed by atoms with Gasteiger partial charge in [-0.2, -0.15) is 0 Å². The molecule has 0 spiro atoms. The molecule has 1 aromatic rings. The van der Waals surface area contributed by atoms with Crippen LogP contribution >= 0.6 is 0 Å². The number of ether oxygens (including phenoxy) is 1. The lowest BCUT2D eigenvalue weighted by molar-refractivity contribution is -0.128. The smallest absolute Gasteiger partial charge is 0.232 e. The lowest BCUT2D eigenvalue weighted by Crippen LogP contribution is -2.44. The van der Waals surface area contributed by atoms with Crippen molar-refractivity contribution in [2.24, 2.45) is 11.3 Å². The molecule has 0 unspecified atom stereocenters. The molecular weight excluding hydrogens is 288 g/mol. The van der Waals surface area contributed by atoms with Crippen molar-refractivity contribution >= 4 is 11.6 Å². The van der Waals surface area contributed by atoms with Crippen molar-refractivity contribution in [3.05, 3.63) is 29.8 Å². The van der Waals surface area contributed by atoms with Crippen LogP contribution in [0.1, 0.15) is 45.1 Å². The number of rotatable bonds is 5. The summed E-state index contributed by atoms with van der Waals surface area (Å²) in [6.45, 7) is 6.44. The van der Waals surface area contributed by atoms with E-state index in [9.17, 15) is 4.79 Å². The third-order valence-corrected chi connectivity index (χ3v) is 5.26. The highest BCUT2D eigenvalue weighted by Gasteiger charge is 2.49. The summed E-state index contributed by atoms with van der Waals surface area (Å²) >= 11 is 0. The van der Waals surface area contributed by atoms with Crippen molar-refractivity contribution in [2.45, 2.75) is 52.2 Å². The third-order valence-electron chi connectivity index (χ3n) is 5.26. The Labute approximate surface area is 139 Å². The quantitative estimate of drug-likeness (QED) is 0.876. The number of amides is 1. The maximum absolute atomic E-state index is 13.0. The molecule has 1 heterocycles. The van der Waals surface area contributed by atoms with Crippen LogP contribution in [0.2, 0.25) is 0 Å². The molecule has 2 N–H and O–H groups in total. The van der Waals surface area contributed by atoms with Gasteiger partial charge in [-0.15, -0.1) is 0 Å². The average Bonchev–Trinajstić information content (AvgIpc) is 2.98. The van der Waals surface area contributed by atoms with Crippen LogP contribution in [0.4, 0.5) is 5.69 Å². The Balaban J connectivity index is 1.69. The molecule has 3 rings (SSSR count). The predicted molar refractivity (Wildman–Crippen MR) is 92.3 cm³/mol. The lowest BCUT2D eigenvalue weighted by atomic mass is 9.67. The van der Waals surface area contributed by atoms with Gasteiger partial charge >= 0.3 is 0 Å². The van der Waals surface area contributed by atoms with Crippen LogP contribution in [0.15, 0.2) is 24.3 Å². The first kappa shape index (κ1) is 16.5. The van der Waals surface area contributed by atoms with Gasteiger partial charge < -0.3 is 15.4 Å². The summed E-state index contributed by atoms with van der Waals surface area (Å²) in [5.41, 5.74) is 1.77. The van der Waals surface area contributed by atoms with Crippen LogP contribution in [0.25, 0.3) is 0 Å². The number of hydrogen-bond acceptors (Lipinski definition) is 3. The zero-order valence-corrected chi connectivity index (χ0v) is 14.2. The van der Waals surface area contributed by atoms with E-state index in [2.05, 4.69) is 10.6 Å². The van der Waals surface area contributed by atoms with Crippen LogP contribution in [0.5, 0.6) is 0 Å². The Morgan fingerprint density at radius 1 is 1.43 bits per heavy atom. The molecule has 23 heavy (non-hydrogen) atoms. The average molecular weight is 316 g/mol. The molecule has 4 nitrogen and oxygen atoms in total. The topological polar surface area (TPSA) is 50.4 Å². The van der Waals surface area contributed by atoms with Crippen LogP contribution in [-0.4, -0.2) is 25.1 Å². The van der Waals surface area contributed by atoms with E-state index in [1.165, 1.54) is 12.8 Å². The molecule has 1 aliphatic heterocycles. The van der Waals surface area contributed by atoms with E-state index < -0.39 is 0 Å². The van der Waals surface area contributed by atoms with E-state index in [-0.39, 0.29) is 17.4 Å². The molecule has 0 aromatic heterocycles. The van der Waals surface area contributed by atoms with Crippen molar-refractivity contribution in [1.82, 2.24) is 5.32 Å². The first-order chi connectivity index (χ1) is 11.1. The zero-order chi connectivity index (χ0) is 16.3. The number of hydrogen-bond donors (Lipinski definition) is 2. The second kappa shape index (κ2) is 7.02. The maximum Gasteiger partial charge on any atom is 0.232 e. The molecule has 1 aliphatic carbocycles. The van der Waals surface area contributed by atoms with Crippen molar-refractivity contribution in [3.8, 4) is 0 Å². The fourth-order valence-electron chi connectivity index (χ4n) is 3.95. The van der Waals surface area contributed by atoms with Gasteiger partial charge in [0.1, 0.15) is 0 Å². The fraction of sp³-hybridized carbons (Fsp3) is 0.632. The zero-order valence-electron chi connectivity index (χ0n) is 14.2. The Morgan fingerprint density at radius 3 is 3.13 bits per heavy atom. The second-order valence-electron chi connectivity index (χ2n) is 7.24. The normalized spacial score (nSPS) is 27.0. The largest absolute Gasteiger partial charge is 0.374 e. The molecule has 1 saturated heterocycles. The number of carbonyl (C=O) groups is 1. The molecule has 4 heteroatoms. The molecule has 2 fully saturated rings. The van der Waals surface area contributed by atoms with Gasteiger partial charge in [0, 0.05) is 12.2 Å². The van der Waals surface area contributed by atoms with E-state index in [0.29, 0.717) is 12.5 Å². The van der Waals surface area contributed by atoms with Crippen molar-refractivity contribution in [1.29, 1.82) is 0 Å². The standard InChI is InChI=1S/C19H28N2O2/c1-14(2)23-12-15-6-5-8-17(10-15)21-18(22)19-9-4-3-7-16(19)11-20-13-19/h5-6,8,10,14,16,20H,3-4,7,9,11-13H2,1-2H3,(H,21,22)/t16-,19+/m0/s1. The molecule has 126 valence electrons. The van der Waals surface area contributed by atoms with Gasteiger partial charge in [0.25, 0.3) is 0 Å². The van der Waals surface area contributed by atoms with E-state index in [1.54, 1.807) is 0 Å². The minimum absolute atomic E-state index is 0.189. The number of nitrogens with one attached hydrogen (secondary N) is 2. The highest BCUT2D eigenvalue weighted by atomic mass is 16.5. The maximum atomic E-state index is 13.0. The van der Waals surface area contributed by atoms with E-state index in [1.807, 2.05) is 38.1 Å². The van der Waals surface area contributed by atoms with Gasteiger partial charge in [-0.1, -0.05) is 25.0 Å². The van der Waals surface area contributed by atoms with Gasteiger partial charge in [0.05, 0.1) is 18.1 Å². The van der Waals surface area contributed by atoms with Crippen molar-refractivity contribution in [2.75, 3.05) is 18.4 Å². The SMILES string of the molecule is CC(C)OCc1cccc(NC(=O)[C@@]23CCCC[C@H]2CNC3)c1. The summed E-state index contributed by atoms with van der Waals surface area (Å²) in [5, 5.41) is 6.60. The van der Waals surface area contributed by atoms with Crippen molar-refractivity contribution in [3.63, 3.8) is 0 Å². The Hall–Kier alpha value is -1.39. The Kier molecular flexibility index (Phi) is 5.02. The molecular formula is C19H28N2O2. The summed E-state index contributed by atoms with van der Waals surface area (Å²) < 4.78 is 5.65. The number of fused-ring (bicyclic) bond motifs is 1. The van der Waals surface area contributed by atoms with Crippen LogP contribution < -0.4 is 10.6 Å². The second-order valence-corrected chi connectivity index (χ2v) is 7.24. The van der Waals surface area contributed by atoms with Crippen molar-refractivity contribution < 1.29 is 9.53 Å². The highest BCUT2D eigenvalue weighted by molar-refractivity contribution is 5.96. The van der Waals surface area contributed by atoms with E-state index >= 15 is 0 Å². The summed E-state index contributed by atoms with van der Waals surface area (Å²) in [5.74, 6) is 0.679. The van der Waals surface area contributed by atoms with Gasteiger partial charge in [0.15, 0.2) is 0 Å². The van der Waals surface area contributed by atoms with E-state index in [0.717, 1.165) is 37.2 Å². The summed E-state index contributed by atoms with van der Waals surface area (Å²) in [6, 6.07) is 8.01. The molecule has 2 atom stereocenters. The Morgan fingerprint density at radius 2 is 2.30 bits per heavy atom. The van der Waals surface area contributed by atoms with Gasteiger partial charge in [0.2, 0.25) is 5.91 Å². The van der Waals surface area contributed by atoms with Crippen LogP contribution in [-0.2, 0) is 16.1 Å². The summed E-state index contributed by atoms with van der Waals surface area (Å²) in [7, 11) is 0. The number of benzene rings is 1. The lowest BCUT2D eigenvalue weighted by Gasteiger charge is -2.37.